The van der Waals surface area contributed by atoms with Gasteiger partial charge in [0.25, 0.3) is 0 Å². The molecule has 27 heavy (non-hydrogen) atoms. The van der Waals surface area contributed by atoms with Crippen molar-refractivity contribution in [3.63, 3.8) is 0 Å². The van der Waals surface area contributed by atoms with Crippen LogP contribution in [-0.4, -0.2) is 30.7 Å². The van der Waals surface area contributed by atoms with Crippen molar-refractivity contribution < 1.29 is 4.79 Å². The van der Waals surface area contributed by atoms with E-state index in [0.29, 0.717) is 5.75 Å². The van der Waals surface area contributed by atoms with E-state index in [1.165, 1.54) is 22.9 Å². The van der Waals surface area contributed by atoms with Crippen molar-refractivity contribution in [2.75, 3.05) is 30.1 Å². The van der Waals surface area contributed by atoms with Crippen molar-refractivity contribution in [1.82, 2.24) is 4.98 Å². The first-order chi connectivity index (χ1) is 13.0. The number of anilines is 2. The van der Waals surface area contributed by atoms with Crippen LogP contribution in [0.25, 0.3) is 10.9 Å². The maximum absolute atomic E-state index is 12.4. The number of nitrogens with one attached hydrogen (secondary N) is 1. The highest BCUT2D eigenvalue weighted by Crippen LogP contribution is 2.26. The van der Waals surface area contributed by atoms with Crippen molar-refractivity contribution in [3.05, 3.63) is 59.7 Å². The monoisotopic (exact) mass is 379 g/mol. The predicted molar refractivity (Wildman–Crippen MR) is 116 cm³/mol. The highest BCUT2D eigenvalue weighted by atomic mass is 32.2. The number of thioether (sulfide) groups is 1. The van der Waals surface area contributed by atoms with E-state index in [0.717, 1.165) is 33.7 Å². The Kier molecular flexibility index (Phi) is 6.01. The number of fused-ring (bicyclic) bond motifs is 1. The first-order valence-electron chi connectivity index (χ1n) is 9.06. The number of amides is 1. The Morgan fingerprint density at radius 3 is 2.52 bits per heavy atom. The molecule has 140 valence electrons. The number of rotatable bonds is 6. The van der Waals surface area contributed by atoms with Gasteiger partial charge in [-0.2, -0.15) is 0 Å². The molecule has 0 aliphatic heterocycles. The van der Waals surface area contributed by atoms with Gasteiger partial charge in [-0.3, -0.25) is 4.79 Å². The number of aryl methyl sites for hydroxylation is 2. The second-order valence-corrected chi connectivity index (χ2v) is 7.74. The maximum atomic E-state index is 12.4. The summed E-state index contributed by atoms with van der Waals surface area (Å²) in [5, 5.41) is 5.04. The molecule has 1 N–H and O–H groups in total. The van der Waals surface area contributed by atoms with Crippen LogP contribution in [0.1, 0.15) is 18.1 Å². The Labute approximate surface area is 165 Å². The first-order valence-corrected chi connectivity index (χ1v) is 10.0. The maximum Gasteiger partial charge on any atom is 0.234 e. The average molecular weight is 380 g/mol. The molecule has 0 aliphatic rings. The third kappa shape index (κ3) is 4.80. The highest BCUT2D eigenvalue weighted by Gasteiger charge is 2.10. The number of nitrogens with zero attached hydrogens (tertiary/aromatic N) is 2. The van der Waals surface area contributed by atoms with Gasteiger partial charge in [-0.05, 0) is 60.9 Å². The molecule has 2 aromatic carbocycles. The van der Waals surface area contributed by atoms with Gasteiger partial charge in [0, 0.05) is 30.9 Å². The molecule has 0 spiro atoms. The van der Waals surface area contributed by atoms with E-state index in [9.17, 15) is 4.79 Å². The fourth-order valence-electron chi connectivity index (χ4n) is 2.86. The molecule has 0 fully saturated rings. The molecular formula is C22H25N3OS. The number of carbonyl (C=O) groups excluding carboxylic acids is 1. The SMILES string of the molecule is CCc1cc2ccc(C)cc2nc1SCC(=O)Nc1ccc(N(C)C)cc1. The number of hydrogen-bond donors (Lipinski definition) is 1. The fraction of sp³-hybridized carbons (Fsp3) is 0.273. The van der Waals surface area contributed by atoms with Crippen LogP contribution in [0.3, 0.4) is 0 Å². The van der Waals surface area contributed by atoms with Crippen LogP contribution in [0.4, 0.5) is 11.4 Å². The topological polar surface area (TPSA) is 45.2 Å². The van der Waals surface area contributed by atoms with Crippen molar-refractivity contribution in [1.29, 1.82) is 0 Å². The summed E-state index contributed by atoms with van der Waals surface area (Å²) < 4.78 is 0. The molecular weight excluding hydrogens is 354 g/mol. The summed E-state index contributed by atoms with van der Waals surface area (Å²) in [5.41, 5.74) is 5.26. The fourth-order valence-corrected chi connectivity index (χ4v) is 3.75. The summed E-state index contributed by atoms with van der Waals surface area (Å²) in [6.07, 6.45) is 0.896. The van der Waals surface area contributed by atoms with Crippen molar-refractivity contribution in [2.24, 2.45) is 0 Å². The molecule has 0 radical (unpaired) electrons. The van der Waals surface area contributed by atoms with E-state index >= 15 is 0 Å². The van der Waals surface area contributed by atoms with Crippen LogP contribution in [0.5, 0.6) is 0 Å². The number of carbonyl (C=O) groups is 1. The van der Waals surface area contributed by atoms with E-state index in [-0.39, 0.29) is 5.91 Å². The molecule has 4 nitrogen and oxygen atoms in total. The van der Waals surface area contributed by atoms with Crippen LogP contribution in [0.2, 0.25) is 0 Å². The lowest BCUT2D eigenvalue weighted by molar-refractivity contribution is -0.113. The lowest BCUT2D eigenvalue weighted by atomic mass is 10.1. The molecule has 0 saturated carbocycles. The Morgan fingerprint density at radius 1 is 1.11 bits per heavy atom. The third-order valence-corrected chi connectivity index (χ3v) is 5.43. The van der Waals surface area contributed by atoms with Gasteiger partial charge in [0.05, 0.1) is 11.3 Å². The van der Waals surface area contributed by atoms with E-state index in [1.54, 1.807) is 0 Å². The van der Waals surface area contributed by atoms with E-state index in [4.69, 9.17) is 4.98 Å². The summed E-state index contributed by atoms with van der Waals surface area (Å²) in [4.78, 5) is 19.2. The molecule has 0 aliphatic carbocycles. The van der Waals surface area contributed by atoms with Crippen LogP contribution in [0, 0.1) is 6.92 Å². The van der Waals surface area contributed by atoms with Crippen LogP contribution >= 0.6 is 11.8 Å². The minimum atomic E-state index is -0.0224. The number of benzene rings is 2. The van der Waals surface area contributed by atoms with E-state index < -0.39 is 0 Å². The van der Waals surface area contributed by atoms with Gasteiger partial charge in [0.2, 0.25) is 5.91 Å². The molecule has 1 amide bonds. The Morgan fingerprint density at radius 2 is 1.85 bits per heavy atom. The van der Waals surface area contributed by atoms with Crippen LogP contribution in [0.15, 0.2) is 53.6 Å². The largest absolute Gasteiger partial charge is 0.378 e. The molecule has 1 aromatic heterocycles. The molecule has 1 heterocycles. The molecule has 0 atom stereocenters. The second-order valence-electron chi connectivity index (χ2n) is 6.78. The van der Waals surface area contributed by atoms with Crippen LogP contribution < -0.4 is 10.2 Å². The molecule has 5 heteroatoms. The van der Waals surface area contributed by atoms with Crippen molar-refractivity contribution in [2.45, 2.75) is 25.3 Å². The second kappa shape index (κ2) is 8.44. The van der Waals surface area contributed by atoms with Crippen molar-refractivity contribution in [3.8, 4) is 0 Å². The zero-order valence-electron chi connectivity index (χ0n) is 16.2. The summed E-state index contributed by atoms with van der Waals surface area (Å²) in [5.74, 6) is 0.318. The summed E-state index contributed by atoms with van der Waals surface area (Å²) in [7, 11) is 3.99. The van der Waals surface area contributed by atoms with Gasteiger partial charge in [0.1, 0.15) is 5.03 Å². The Bertz CT molecular complexity index is 952. The van der Waals surface area contributed by atoms with Gasteiger partial charge < -0.3 is 10.2 Å². The Balaban J connectivity index is 1.69. The lowest BCUT2D eigenvalue weighted by Gasteiger charge is -2.13. The van der Waals surface area contributed by atoms with E-state index in [2.05, 4.69) is 43.4 Å². The highest BCUT2D eigenvalue weighted by molar-refractivity contribution is 8.00. The van der Waals surface area contributed by atoms with Gasteiger partial charge in [-0.1, -0.05) is 30.8 Å². The van der Waals surface area contributed by atoms with Gasteiger partial charge in [-0.25, -0.2) is 4.98 Å². The minimum Gasteiger partial charge on any atom is -0.378 e. The molecule has 3 aromatic rings. The number of pyridine rings is 1. The van der Waals surface area contributed by atoms with E-state index in [1.807, 2.05) is 43.3 Å². The molecule has 0 bridgehead atoms. The predicted octanol–water partition coefficient (Wildman–Crippen LogP) is 4.90. The van der Waals surface area contributed by atoms with Gasteiger partial charge in [0.15, 0.2) is 0 Å². The summed E-state index contributed by atoms with van der Waals surface area (Å²) >= 11 is 1.50. The zero-order valence-corrected chi connectivity index (χ0v) is 17.1. The lowest BCUT2D eigenvalue weighted by Crippen LogP contribution is -2.14. The van der Waals surface area contributed by atoms with Gasteiger partial charge >= 0.3 is 0 Å². The van der Waals surface area contributed by atoms with Crippen molar-refractivity contribution >= 4 is 39.9 Å². The summed E-state index contributed by atoms with van der Waals surface area (Å²) in [6.45, 7) is 4.18. The smallest absolute Gasteiger partial charge is 0.234 e. The van der Waals surface area contributed by atoms with Gasteiger partial charge in [-0.15, -0.1) is 0 Å². The standard InChI is InChI=1S/C22H25N3OS/c1-5-16-13-17-7-6-15(2)12-20(17)24-22(16)27-14-21(26)23-18-8-10-19(11-9-18)25(3)4/h6-13H,5,14H2,1-4H3,(H,23,26). The first kappa shape index (κ1) is 19.2. The Hall–Kier alpha value is -2.53. The number of hydrogen-bond acceptors (Lipinski definition) is 4. The summed E-state index contributed by atoms with van der Waals surface area (Å²) in [6, 6.07) is 16.3. The molecule has 0 unspecified atom stereocenters. The molecule has 3 rings (SSSR count). The average Bonchev–Trinajstić information content (AvgIpc) is 2.66. The zero-order chi connectivity index (χ0) is 19.4. The number of aromatic nitrogens is 1. The minimum absolute atomic E-state index is 0.0224. The normalized spacial score (nSPS) is 10.8. The quantitative estimate of drug-likeness (QED) is 0.619. The third-order valence-electron chi connectivity index (χ3n) is 4.40. The van der Waals surface area contributed by atoms with Crippen LogP contribution in [-0.2, 0) is 11.2 Å². The molecule has 0 saturated heterocycles.